The van der Waals surface area contributed by atoms with Crippen LogP contribution in [0.2, 0.25) is 0 Å². The summed E-state index contributed by atoms with van der Waals surface area (Å²) in [6.07, 6.45) is 5.04. The molecule has 1 aliphatic heterocycles. The molecule has 1 N–H and O–H groups in total. The molecule has 26 heavy (non-hydrogen) atoms. The van der Waals surface area contributed by atoms with Crippen LogP contribution in [0.4, 0.5) is 5.69 Å². The minimum absolute atomic E-state index is 0.175. The van der Waals surface area contributed by atoms with Crippen LogP contribution in [-0.2, 0) is 11.3 Å². The van der Waals surface area contributed by atoms with Crippen molar-refractivity contribution in [1.29, 1.82) is 0 Å². The summed E-state index contributed by atoms with van der Waals surface area (Å²) in [5.41, 5.74) is 2.21. The Morgan fingerprint density at radius 1 is 1.38 bits per heavy atom. The maximum Gasteiger partial charge on any atom is 0.278 e. The number of rotatable bonds is 5. The number of nitrogens with one attached hydrogen (secondary N) is 1. The third-order valence-electron chi connectivity index (χ3n) is 4.62. The lowest BCUT2D eigenvalue weighted by molar-refractivity contribution is 0.0889. The zero-order valence-corrected chi connectivity index (χ0v) is 15.1. The summed E-state index contributed by atoms with van der Waals surface area (Å²) in [6.45, 7) is 6.06. The number of carbonyl (C=O) groups is 1. The second-order valence-corrected chi connectivity index (χ2v) is 7.16. The molecule has 0 radical (unpaired) electrons. The lowest BCUT2D eigenvalue weighted by atomic mass is 10.1. The van der Waals surface area contributed by atoms with Gasteiger partial charge in [-0.2, -0.15) is 0 Å². The van der Waals surface area contributed by atoms with E-state index in [9.17, 15) is 4.79 Å². The second-order valence-electron chi connectivity index (χ2n) is 7.16. The number of benzene rings is 1. The highest BCUT2D eigenvalue weighted by Crippen LogP contribution is 2.31. The first-order chi connectivity index (χ1) is 12.6. The summed E-state index contributed by atoms with van der Waals surface area (Å²) in [6, 6.07) is 8.01. The van der Waals surface area contributed by atoms with E-state index in [1.807, 2.05) is 18.2 Å². The molecule has 0 bridgehead atoms. The summed E-state index contributed by atoms with van der Waals surface area (Å²) in [5.74, 6) is 0.822. The Kier molecular flexibility index (Phi) is 4.51. The van der Waals surface area contributed by atoms with E-state index in [-0.39, 0.29) is 12.0 Å². The molecule has 1 atom stereocenters. The Labute approximate surface area is 152 Å². The van der Waals surface area contributed by atoms with E-state index >= 15 is 0 Å². The van der Waals surface area contributed by atoms with Crippen LogP contribution in [0.3, 0.4) is 0 Å². The molecule has 6 heteroatoms. The van der Waals surface area contributed by atoms with Crippen molar-refractivity contribution in [2.75, 3.05) is 11.9 Å². The maximum absolute atomic E-state index is 12.6. The highest BCUT2D eigenvalue weighted by atomic mass is 16.5. The Morgan fingerprint density at radius 2 is 2.27 bits per heavy atom. The number of ether oxygens (including phenoxy) is 1. The van der Waals surface area contributed by atoms with Crippen molar-refractivity contribution in [1.82, 2.24) is 9.55 Å². The first kappa shape index (κ1) is 16.8. The Morgan fingerprint density at radius 3 is 3.04 bits per heavy atom. The molecule has 6 nitrogen and oxygen atoms in total. The van der Waals surface area contributed by atoms with E-state index in [1.54, 1.807) is 0 Å². The van der Waals surface area contributed by atoms with Crippen LogP contribution >= 0.6 is 0 Å². The quantitative estimate of drug-likeness (QED) is 0.738. The lowest BCUT2D eigenvalue weighted by Gasteiger charge is -2.10. The van der Waals surface area contributed by atoms with Gasteiger partial charge in [0.15, 0.2) is 17.8 Å². The summed E-state index contributed by atoms with van der Waals surface area (Å²) in [4.78, 5) is 16.7. The number of hydrogen-bond acceptors (Lipinski definition) is 4. The molecule has 136 valence electrons. The van der Waals surface area contributed by atoms with Gasteiger partial charge in [0.05, 0.1) is 0 Å². The number of fused-ring (bicyclic) bond motifs is 1. The fraction of sp³-hybridized carbons (Fsp3) is 0.400. The minimum atomic E-state index is -0.273. The molecule has 1 aromatic carbocycles. The van der Waals surface area contributed by atoms with Gasteiger partial charge in [0, 0.05) is 35.9 Å². The first-order valence-electron chi connectivity index (χ1n) is 9.07. The predicted molar refractivity (Wildman–Crippen MR) is 99.2 cm³/mol. The van der Waals surface area contributed by atoms with Gasteiger partial charge in [0.25, 0.3) is 5.91 Å². The molecule has 1 fully saturated rings. The SMILES string of the molecule is CC(C)Cn1ccc2cc(NC(=O)c3ncoc3[C@@H]3CCCO3)ccc21. The van der Waals surface area contributed by atoms with Crippen molar-refractivity contribution in [2.24, 2.45) is 5.92 Å². The number of aromatic nitrogens is 2. The van der Waals surface area contributed by atoms with Gasteiger partial charge in [0.1, 0.15) is 6.10 Å². The summed E-state index contributed by atoms with van der Waals surface area (Å²) in [7, 11) is 0. The van der Waals surface area contributed by atoms with Crippen molar-refractivity contribution in [3.05, 3.63) is 48.3 Å². The van der Waals surface area contributed by atoms with Gasteiger partial charge >= 0.3 is 0 Å². The highest BCUT2D eigenvalue weighted by molar-refractivity contribution is 6.04. The van der Waals surface area contributed by atoms with Gasteiger partial charge in [-0.05, 0) is 43.0 Å². The number of hydrogen-bond donors (Lipinski definition) is 1. The smallest absolute Gasteiger partial charge is 0.278 e. The summed E-state index contributed by atoms with van der Waals surface area (Å²) >= 11 is 0. The number of carbonyl (C=O) groups excluding carboxylic acids is 1. The topological polar surface area (TPSA) is 69.3 Å². The van der Waals surface area contributed by atoms with Crippen molar-refractivity contribution in [3.8, 4) is 0 Å². The van der Waals surface area contributed by atoms with Crippen LogP contribution < -0.4 is 5.32 Å². The van der Waals surface area contributed by atoms with Crippen molar-refractivity contribution < 1.29 is 13.9 Å². The van der Waals surface area contributed by atoms with E-state index in [2.05, 4.69) is 41.0 Å². The molecule has 0 aliphatic carbocycles. The van der Waals surface area contributed by atoms with Crippen molar-refractivity contribution in [2.45, 2.75) is 39.3 Å². The van der Waals surface area contributed by atoms with Crippen LogP contribution in [0.15, 0.2) is 41.3 Å². The Hall–Kier alpha value is -2.60. The second kappa shape index (κ2) is 6.96. The lowest BCUT2D eigenvalue weighted by Crippen LogP contribution is -2.15. The van der Waals surface area contributed by atoms with Gasteiger partial charge in [-0.3, -0.25) is 4.79 Å². The van der Waals surface area contributed by atoms with E-state index in [4.69, 9.17) is 9.15 Å². The number of oxazole rings is 1. The third-order valence-corrected chi connectivity index (χ3v) is 4.62. The van der Waals surface area contributed by atoms with Crippen molar-refractivity contribution in [3.63, 3.8) is 0 Å². The van der Waals surface area contributed by atoms with Crippen molar-refractivity contribution >= 4 is 22.5 Å². The zero-order chi connectivity index (χ0) is 18.1. The molecule has 1 amide bonds. The largest absolute Gasteiger partial charge is 0.445 e. The van der Waals surface area contributed by atoms with Crippen LogP contribution in [0.5, 0.6) is 0 Å². The standard InChI is InChI=1S/C20H23N3O3/c1-13(2)11-23-8-7-14-10-15(5-6-16(14)23)22-20(24)18-19(26-12-21-18)17-4-3-9-25-17/h5-8,10,12-13,17H,3-4,9,11H2,1-2H3,(H,22,24)/t17-/m0/s1. The average Bonchev–Trinajstić information content (AvgIpc) is 3.34. The van der Waals surface area contributed by atoms with Gasteiger partial charge in [-0.1, -0.05) is 13.8 Å². The number of nitrogens with zero attached hydrogens (tertiary/aromatic N) is 2. The molecule has 4 rings (SSSR count). The molecular weight excluding hydrogens is 330 g/mol. The normalized spacial score (nSPS) is 17.3. The fourth-order valence-electron chi connectivity index (χ4n) is 3.46. The van der Waals surface area contributed by atoms with Gasteiger partial charge < -0.3 is 19.0 Å². The molecular formula is C20H23N3O3. The molecule has 3 aromatic rings. The molecule has 1 saturated heterocycles. The van der Waals surface area contributed by atoms with E-state index in [0.717, 1.165) is 36.0 Å². The Bertz CT molecular complexity index is 919. The molecule has 0 spiro atoms. The third kappa shape index (κ3) is 3.24. The van der Waals surface area contributed by atoms with Crippen LogP contribution in [0.25, 0.3) is 10.9 Å². The molecule has 0 saturated carbocycles. The summed E-state index contributed by atoms with van der Waals surface area (Å²) < 4.78 is 13.3. The van der Waals surface area contributed by atoms with Crippen LogP contribution in [-0.4, -0.2) is 22.1 Å². The fourth-order valence-corrected chi connectivity index (χ4v) is 3.46. The van der Waals surface area contributed by atoms with E-state index < -0.39 is 0 Å². The minimum Gasteiger partial charge on any atom is -0.445 e. The average molecular weight is 353 g/mol. The molecule has 1 aliphatic rings. The predicted octanol–water partition coefficient (Wildman–Crippen LogP) is 4.39. The number of anilines is 1. The van der Waals surface area contributed by atoms with Gasteiger partial charge in [0.2, 0.25) is 0 Å². The van der Waals surface area contributed by atoms with Gasteiger partial charge in [-0.15, -0.1) is 0 Å². The number of amides is 1. The Balaban J connectivity index is 1.54. The van der Waals surface area contributed by atoms with E-state index in [0.29, 0.717) is 24.0 Å². The zero-order valence-electron chi connectivity index (χ0n) is 15.1. The summed E-state index contributed by atoms with van der Waals surface area (Å²) in [5, 5.41) is 4.02. The van der Waals surface area contributed by atoms with E-state index in [1.165, 1.54) is 6.39 Å². The van der Waals surface area contributed by atoms with Crippen LogP contribution in [0, 0.1) is 5.92 Å². The molecule has 2 aromatic heterocycles. The maximum atomic E-state index is 12.6. The van der Waals surface area contributed by atoms with Gasteiger partial charge in [-0.25, -0.2) is 4.98 Å². The molecule has 3 heterocycles. The monoisotopic (exact) mass is 353 g/mol. The molecule has 0 unspecified atom stereocenters. The first-order valence-corrected chi connectivity index (χ1v) is 9.07. The van der Waals surface area contributed by atoms with Crippen LogP contribution in [0.1, 0.15) is 49.0 Å². The highest BCUT2D eigenvalue weighted by Gasteiger charge is 2.28.